The first-order valence-electron chi connectivity index (χ1n) is 7.26. The molecule has 5 heteroatoms. The van der Waals surface area contributed by atoms with Gasteiger partial charge in [0.2, 0.25) is 0 Å². The summed E-state index contributed by atoms with van der Waals surface area (Å²) in [5.41, 5.74) is 0. The summed E-state index contributed by atoms with van der Waals surface area (Å²) in [6.45, 7) is 7.13. The maximum Gasteiger partial charge on any atom is 0.317 e. The molecule has 1 heterocycles. The van der Waals surface area contributed by atoms with Crippen molar-refractivity contribution in [1.82, 2.24) is 10.2 Å². The van der Waals surface area contributed by atoms with Gasteiger partial charge < -0.3 is 15.3 Å². The predicted octanol–water partition coefficient (Wildman–Crippen LogP) is 2.32. The molecule has 1 rings (SSSR count). The van der Waals surface area contributed by atoms with Gasteiger partial charge in [0.05, 0.1) is 5.92 Å². The number of nitrogens with one attached hydrogen (secondary N) is 1. The van der Waals surface area contributed by atoms with Gasteiger partial charge >= 0.3 is 12.0 Å². The average Bonchev–Trinajstić information content (AvgIpc) is 2.37. The molecule has 0 bridgehead atoms. The number of amides is 2. The van der Waals surface area contributed by atoms with Crippen LogP contribution in [0.15, 0.2) is 0 Å². The van der Waals surface area contributed by atoms with Gasteiger partial charge in [0.25, 0.3) is 0 Å². The van der Waals surface area contributed by atoms with Crippen molar-refractivity contribution in [2.24, 2.45) is 11.8 Å². The third-order valence-electron chi connectivity index (χ3n) is 3.75. The summed E-state index contributed by atoms with van der Waals surface area (Å²) in [5.74, 6) is -0.988. The third kappa shape index (κ3) is 4.73. The maximum atomic E-state index is 12.2. The molecule has 0 aromatic heterocycles. The van der Waals surface area contributed by atoms with E-state index in [-0.39, 0.29) is 18.0 Å². The normalized spacial score (nSPS) is 24.9. The fourth-order valence-electron chi connectivity index (χ4n) is 2.69. The molecule has 1 fully saturated rings. The fraction of sp³-hybridized carbons (Fsp3) is 0.857. The average molecular weight is 270 g/mol. The van der Waals surface area contributed by atoms with Gasteiger partial charge in [0.1, 0.15) is 0 Å². The van der Waals surface area contributed by atoms with E-state index in [0.29, 0.717) is 19.5 Å². The predicted molar refractivity (Wildman–Crippen MR) is 74.0 cm³/mol. The van der Waals surface area contributed by atoms with E-state index in [1.54, 1.807) is 4.90 Å². The van der Waals surface area contributed by atoms with Crippen LogP contribution in [0.4, 0.5) is 4.79 Å². The Morgan fingerprint density at radius 1 is 1.37 bits per heavy atom. The van der Waals surface area contributed by atoms with Crippen molar-refractivity contribution in [3.63, 3.8) is 0 Å². The number of urea groups is 1. The molecular weight excluding hydrogens is 244 g/mol. The molecule has 0 aliphatic carbocycles. The third-order valence-corrected chi connectivity index (χ3v) is 3.75. The fourth-order valence-corrected chi connectivity index (χ4v) is 2.69. The first kappa shape index (κ1) is 15.8. The van der Waals surface area contributed by atoms with Crippen LogP contribution in [0.1, 0.15) is 46.5 Å². The van der Waals surface area contributed by atoms with Gasteiger partial charge in [-0.25, -0.2) is 4.79 Å². The van der Waals surface area contributed by atoms with Crippen molar-refractivity contribution >= 4 is 12.0 Å². The number of aliphatic carboxylic acids is 1. The standard InChI is InChI=1S/C14H26N2O3/c1-4-6-12(5-2)15-14(19)16-8-10(3)7-11(9-16)13(17)18/h10-12H,4-9H2,1-3H3,(H,15,19)(H,17,18). The summed E-state index contributed by atoms with van der Waals surface area (Å²) in [6.07, 6.45) is 3.57. The van der Waals surface area contributed by atoms with E-state index in [4.69, 9.17) is 5.11 Å². The number of nitrogens with zero attached hydrogens (tertiary/aromatic N) is 1. The highest BCUT2D eigenvalue weighted by atomic mass is 16.4. The lowest BCUT2D eigenvalue weighted by atomic mass is 9.91. The lowest BCUT2D eigenvalue weighted by Gasteiger charge is -2.35. The topological polar surface area (TPSA) is 69.6 Å². The summed E-state index contributed by atoms with van der Waals surface area (Å²) in [7, 11) is 0. The highest BCUT2D eigenvalue weighted by Crippen LogP contribution is 2.22. The van der Waals surface area contributed by atoms with Crippen LogP contribution in [0.25, 0.3) is 0 Å². The molecule has 0 aromatic rings. The Morgan fingerprint density at radius 2 is 2.05 bits per heavy atom. The molecule has 0 spiro atoms. The zero-order valence-corrected chi connectivity index (χ0v) is 12.2. The van der Waals surface area contributed by atoms with Crippen LogP contribution in [-0.2, 0) is 4.79 Å². The van der Waals surface area contributed by atoms with Gasteiger partial charge in [0, 0.05) is 19.1 Å². The first-order chi connectivity index (χ1) is 8.97. The number of likely N-dealkylation sites (tertiary alicyclic amines) is 1. The minimum absolute atomic E-state index is 0.113. The number of carboxylic acids is 1. The van der Waals surface area contributed by atoms with Crippen molar-refractivity contribution in [3.8, 4) is 0 Å². The Hall–Kier alpha value is -1.26. The molecule has 1 aliphatic rings. The van der Waals surface area contributed by atoms with E-state index in [1.165, 1.54) is 0 Å². The van der Waals surface area contributed by atoms with Gasteiger partial charge in [-0.05, 0) is 25.2 Å². The van der Waals surface area contributed by atoms with Crippen molar-refractivity contribution < 1.29 is 14.7 Å². The molecule has 1 aliphatic heterocycles. The van der Waals surface area contributed by atoms with E-state index < -0.39 is 11.9 Å². The van der Waals surface area contributed by atoms with Crippen LogP contribution < -0.4 is 5.32 Å². The molecule has 2 amide bonds. The van der Waals surface area contributed by atoms with E-state index in [2.05, 4.69) is 19.2 Å². The van der Waals surface area contributed by atoms with E-state index in [9.17, 15) is 9.59 Å². The zero-order chi connectivity index (χ0) is 14.4. The van der Waals surface area contributed by atoms with Crippen molar-refractivity contribution in [2.45, 2.75) is 52.5 Å². The summed E-state index contributed by atoms with van der Waals surface area (Å²) in [5, 5.41) is 12.1. The summed E-state index contributed by atoms with van der Waals surface area (Å²) >= 11 is 0. The molecule has 5 nitrogen and oxygen atoms in total. The Kier molecular flexibility index (Phi) is 6.12. The molecule has 1 saturated heterocycles. The first-order valence-corrected chi connectivity index (χ1v) is 7.26. The van der Waals surface area contributed by atoms with E-state index in [0.717, 1.165) is 19.3 Å². The number of carbonyl (C=O) groups excluding carboxylic acids is 1. The quantitative estimate of drug-likeness (QED) is 0.805. The molecule has 110 valence electrons. The number of carboxylic acid groups (broad SMARTS) is 1. The van der Waals surface area contributed by atoms with Crippen LogP contribution in [0.5, 0.6) is 0 Å². The number of piperidine rings is 1. The second-order valence-corrected chi connectivity index (χ2v) is 5.62. The maximum absolute atomic E-state index is 12.2. The molecular formula is C14H26N2O3. The van der Waals surface area contributed by atoms with Gasteiger partial charge in [-0.3, -0.25) is 4.79 Å². The van der Waals surface area contributed by atoms with Gasteiger partial charge in [0.15, 0.2) is 0 Å². The Labute approximate surface area is 115 Å². The zero-order valence-electron chi connectivity index (χ0n) is 12.2. The molecule has 2 N–H and O–H groups in total. The van der Waals surface area contributed by atoms with E-state index >= 15 is 0 Å². The largest absolute Gasteiger partial charge is 0.481 e. The second-order valence-electron chi connectivity index (χ2n) is 5.62. The molecule has 3 unspecified atom stereocenters. The van der Waals surface area contributed by atoms with Crippen LogP contribution in [0.2, 0.25) is 0 Å². The minimum Gasteiger partial charge on any atom is -0.481 e. The molecule has 0 radical (unpaired) electrons. The van der Waals surface area contributed by atoms with Crippen molar-refractivity contribution in [1.29, 1.82) is 0 Å². The summed E-state index contributed by atoms with van der Waals surface area (Å²) in [6, 6.07) is 0.0797. The van der Waals surface area contributed by atoms with Crippen molar-refractivity contribution in [3.05, 3.63) is 0 Å². The summed E-state index contributed by atoms with van der Waals surface area (Å²) in [4.78, 5) is 24.9. The van der Waals surface area contributed by atoms with Crippen LogP contribution in [-0.4, -0.2) is 41.1 Å². The number of hydrogen-bond acceptors (Lipinski definition) is 2. The molecule has 0 saturated carbocycles. The molecule has 19 heavy (non-hydrogen) atoms. The second kappa shape index (κ2) is 7.36. The smallest absolute Gasteiger partial charge is 0.317 e. The van der Waals surface area contributed by atoms with Crippen LogP contribution in [0, 0.1) is 11.8 Å². The number of rotatable bonds is 5. The van der Waals surface area contributed by atoms with E-state index in [1.807, 2.05) is 6.92 Å². The monoisotopic (exact) mass is 270 g/mol. The molecule has 3 atom stereocenters. The Bertz CT molecular complexity index is 320. The number of carbonyl (C=O) groups is 2. The van der Waals surface area contributed by atoms with Crippen LogP contribution in [0.3, 0.4) is 0 Å². The highest BCUT2D eigenvalue weighted by Gasteiger charge is 2.32. The van der Waals surface area contributed by atoms with Gasteiger partial charge in [-0.2, -0.15) is 0 Å². The Balaban J connectivity index is 2.57. The lowest BCUT2D eigenvalue weighted by molar-refractivity contribution is -0.143. The lowest BCUT2D eigenvalue weighted by Crippen LogP contribution is -2.51. The summed E-state index contributed by atoms with van der Waals surface area (Å²) < 4.78 is 0. The van der Waals surface area contributed by atoms with Crippen LogP contribution >= 0.6 is 0 Å². The van der Waals surface area contributed by atoms with Gasteiger partial charge in [-0.15, -0.1) is 0 Å². The number of hydrogen-bond donors (Lipinski definition) is 2. The SMILES string of the molecule is CCCC(CC)NC(=O)N1CC(C)CC(C(=O)O)C1. The molecule has 0 aromatic carbocycles. The van der Waals surface area contributed by atoms with Crippen molar-refractivity contribution in [2.75, 3.05) is 13.1 Å². The minimum atomic E-state index is -0.801. The Morgan fingerprint density at radius 3 is 2.58 bits per heavy atom. The highest BCUT2D eigenvalue weighted by molar-refractivity contribution is 5.76. The van der Waals surface area contributed by atoms with Gasteiger partial charge in [-0.1, -0.05) is 27.2 Å².